The van der Waals surface area contributed by atoms with E-state index in [-0.39, 0.29) is 0 Å². The van der Waals surface area contributed by atoms with Gasteiger partial charge in [-0.25, -0.2) is 4.98 Å². The van der Waals surface area contributed by atoms with Crippen molar-refractivity contribution in [3.8, 4) is 11.4 Å². The van der Waals surface area contributed by atoms with E-state index >= 15 is 0 Å². The Hall–Kier alpha value is -2.41. The molecule has 1 aliphatic rings. The molecule has 3 heterocycles. The maximum atomic E-state index is 4.61. The zero-order chi connectivity index (χ0) is 19.3. The topological polar surface area (TPSA) is 56.8 Å². The summed E-state index contributed by atoms with van der Waals surface area (Å²) in [6, 6.07) is 16.1. The first-order valence-corrected chi connectivity index (χ1v) is 10.1. The lowest BCUT2D eigenvalue weighted by Gasteiger charge is -2.09. The van der Waals surface area contributed by atoms with Gasteiger partial charge in [0.25, 0.3) is 0 Å². The molecule has 2 aromatic carbocycles. The summed E-state index contributed by atoms with van der Waals surface area (Å²) in [5.74, 6) is 0.853. The number of pyridine rings is 1. The Morgan fingerprint density at radius 2 is 1.93 bits per heavy atom. The first-order valence-electron chi connectivity index (χ1n) is 9.62. The highest BCUT2D eigenvalue weighted by Crippen LogP contribution is 2.24. The molecule has 2 N–H and O–H groups in total. The van der Waals surface area contributed by atoms with Gasteiger partial charge in [0.05, 0.1) is 16.6 Å². The molecular weight excluding hydrogens is 366 g/mol. The van der Waals surface area contributed by atoms with Crippen molar-refractivity contribution < 1.29 is 0 Å². The van der Waals surface area contributed by atoms with Crippen molar-refractivity contribution in [2.45, 2.75) is 11.3 Å². The number of thiol groups is 1. The number of benzene rings is 2. The fraction of sp³-hybridized carbons (Fsp3) is 0.273. The van der Waals surface area contributed by atoms with Gasteiger partial charge in [0, 0.05) is 35.1 Å². The summed E-state index contributed by atoms with van der Waals surface area (Å²) in [6.07, 6.45) is 3.11. The number of hydrogen-bond acceptors (Lipinski definition) is 5. The second-order valence-electron chi connectivity index (χ2n) is 7.10. The van der Waals surface area contributed by atoms with Crippen molar-refractivity contribution in [3.05, 3.63) is 54.7 Å². The number of fused-ring (bicyclic) bond motifs is 2. The van der Waals surface area contributed by atoms with Crippen LogP contribution in [0.5, 0.6) is 0 Å². The maximum Gasteiger partial charge on any atom is 0.138 e. The molecule has 5 nitrogen and oxygen atoms in total. The van der Waals surface area contributed by atoms with Crippen LogP contribution in [-0.4, -0.2) is 53.1 Å². The molecule has 0 unspecified atom stereocenters. The predicted octanol–water partition coefficient (Wildman–Crippen LogP) is 3.98. The third-order valence-corrected chi connectivity index (χ3v) is 5.19. The number of likely N-dealkylation sites (N-methyl/N-ethyl adjacent to an activating group) is 1. The van der Waals surface area contributed by atoms with Crippen LogP contribution in [0.4, 0.5) is 0 Å². The summed E-state index contributed by atoms with van der Waals surface area (Å²) in [5.41, 5.74) is 3.95. The molecule has 5 rings (SSSR count). The molecule has 1 aliphatic heterocycles. The molecule has 0 saturated carbocycles. The molecule has 0 atom stereocenters. The van der Waals surface area contributed by atoms with Crippen molar-refractivity contribution in [2.24, 2.45) is 0 Å². The standard InChI is InChI=1S/C16H11N3S.C6H14N2/c20-12-5-6-13-15(9-12)19-16(18-13)11-4-3-10-2-1-7-17-14(10)8-11;1-8-5-2-3-7-4-6-8/h1-9,20H,(H,18,19);7H,2-6H2,1H3. The van der Waals surface area contributed by atoms with E-state index in [1.54, 1.807) is 6.20 Å². The van der Waals surface area contributed by atoms with Gasteiger partial charge in [0.1, 0.15) is 5.82 Å². The monoisotopic (exact) mass is 391 g/mol. The molecule has 28 heavy (non-hydrogen) atoms. The molecule has 1 fully saturated rings. The number of hydrogen-bond donors (Lipinski definition) is 3. The number of aromatic nitrogens is 3. The zero-order valence-corrected chi connectivity index (χ0v) is 16.9. The van der Waals surface area contributed by atoms with Crippen molar-refractivity contribution in [3.63, 3.8) is 0 Å². The zero-order valence-electron chi connectivity index (χ0n) is 16.0. The van der Waals surface area contributed by atoms with Gasteiger partial charge < -0.3 is 15.2 Å². The molecule has 1 saturated heterocycles. The van der Waals surface area contributed by atoms with Crippen molar-refractivity contribution in [1.29, 1.82) is 0 Å². The molecule has 0 radical (unpaired) electrons. The van der Waals surface area contributed by atoms with E-state index in [0.29, 0.717) is 0 Å². The fourth-order valence-corrected chi connectivity index (χ4v) is 3.53. The average molecular weight is 392 g/mol. The Labute approximate surface area is 170 Å². The third-order valence-electron chi connectivity index (χ3n) is 4.91. The van der Waals surface area contributed by atoms with Crippen LogP contribution in [0.1, 0.15) is 6.42 Å². The molecule has 0 aliphatic carbocycles. The van der Waals surface area contributed by atoms with E-state index in [1.807, 2.05) is 24.3 Å². The van der Waals surface area contributed by atoms with Crippen LogP contribution in [-0.2, 0) is 0 Å². The highest BCUT2D eigenvalue weighted by Gasteiger charge is 2.06. The Morgan fingerprint density at radius 1 is 1.00 bits per heavy atom. The second kappa shape index (κ2) is 8.73. The molecule has 6 heteroatoms. The Morgan fingerprint density at radius 3 is 2.86 bits per heavy atom. The minimum Gasteiger partial charge on any atom is -0.338 e. The molecule has 0 bridgehead atoms. The van der Waals surface area contributed by atoms with Gasteiger partial charge in [0.2, 0.25) is 0 Å². The van der Waals surface area contributed by atoms with Crippen LogP contribution < -0.4 is 5.32 Å². The summed E-state index contributed by atoms with van der Waals surface area (Å²) in [6.45, 7) is 4.83. The van der Waals surface area contributed by atoms with Crippen molar-refractivity contribution in [1.82, 2.24) is 25.2 Å². The summed E-state index contributed by atoms with van der Waals surface area (Å²) in [7, 11) is 2.17. The summed E-state index contributed by atoms with van der Waals surface area (Å²) in [4.78, 5) is 15.6. The summed E-state index contributed by atoms with van der Waals surface area (Å²) >= 11 is 4.35. The van der Waals surface area contributed by atoms with E-state index in [0.717, 1.165) is 44.8 Å². The van der Waals surface area contributed by atoms with Crippen LogP contribution in [0.3, 0.4) is 0 Å². The van der Waals surface area contributed by atoms with E-state index in [9.17, 15) is 0 Å². The number of rotatable bonds is 1. The summed E-state index contributed by atoms with van der Waals surface area (Å²) in [5, 5.41) is 4.47. The number of nitrogens with one attached hydrogen (secondary N) is 2. The van der Waals surface area contributed by atoms with Crippen molar-refractivity contribution in [2.75, 3.05) is 33.2 Å². The number of aromatic amines is 1. The lowest BCUT2D eigenvalue weighted by atomic mass is 10.1. The summed E-state index contributed by atoms with van der Waals surface area (Å²) < 4.78 is 0. The molecule has 144 valence electrons. The Kier molecular flexibility index (Phi) is 5.90. The van der Waals surface area contributed by atoms with Crippen LogP contribution >= 0.6 is 12.6 Å². The lowest BCUT2D eigenvalue weighted by Crippen LogP contribution is -2.23. The highest BCUT2D eigenvalue weighted by molar-refractivity contribution is 7.80. The normalized spacial score (nSPS) is 15.2. The average Bonchev–Trinajstić information content (AvgIpc) is 2.99. The van der Waals surface area contributed by atoms with Gasteiger partial charge in [-0.05, 0) is 56.9 Å². The van der Waals surface area contributed by atoms with E-state index in [2.05, 4.69) is 69.1 Å². The van der Waals surface area contributed by atoms with Gasteiger partial charge in [-0.1, -0.05) is 18.2 Å². The SMILES string of the molecule is CN1CCCNCC1.Sc1ccc2nc(-c3ccc4cccnc4c3)[nH]c2c1. The number of nitrogens with zero attached hydrogens (tertiary/aromatic N) is 3. The van der Waals surface area contributed by atoms with Gasteiger partial charge in [-0.3, -0.25) is 4.98 Å². The molecule has 2 aromatic heterocycles. The smallest absolute Gasteiger partial charge is 0.138 e. The molecular formula is C22H25N5S. The first kappa shape index (κ1) is 18.9. The van der Waals surface area contributed by atoms with Gasteiger partial charge in [-0.2, -0.15) is 0 Å². The van der Waals surface area contributed by atoms with E-state index in [1.165, 1.54) is 26.1 Å². The number of imidazole rings is 1. The van der Waals surface area contributed by atoms with E-state index < -0.39 is 0 Å². The molecule has 0 spiro atoms. The minimum absolute atomic E-state index is 0.853. The van der Waals surface area contributed by atoms with Gasteiger partial charge in [0.15, 0.2) is 0 Å². The van der Waals surface area contributed by atoms with Crippen LogP contribution in [0.25, 0.3) is 33.3 Å². The van der Waals surface area contributed by atoms with Crippen LogP contribution in [0.15, 0.2) is 59.6 Å². The lowest BCUT2D eigenvalue weighted by molar-refractivity contribution is 0.358. The van der Waals surface area contributed by atoms with Gasteiger partial charge >= 0.3 is 0 Å². The number of H-pyrrole nitrogens is 1. The van der Waals surface area contributed by atoms with Gasteiger partial charge in [-0.15, -0.1) is 12.6 Å². The Balaban J connectivity index is 0.000000203. The fourth-order valence-electron chi connectivity index (χ4n) is 3.33. The van der Waals surface area contributed by atoms with Crippen molar-refractivity contribution >= 4 is 34.6 Å². The second-order valence-corrected chi connectivity index (χ2v) is 7.62. The molecule has 4 aromatic rings. The maximum absolute atomic E-state index is 4.61. The van der Waals surface area contributed by atoms with Crippen LogP contribution in [0.2, 0.25) is 0 Å². The van der Waals surface area contributed by atoms with E-state index in [4.69, 9.17) is 0 Å². The Bertz CT molecular complexity index is 1070. The largest absolute Gasteiger partial charge is 0.338 e. The first-order chi connectivity index (χ1) is 13.7. The highest BCUT2D eigenvalue weighted by atomic mass is 32.1. The molecule has 0 amide bonds. The predicted molar refractivity (Wildman–Crippen MR) is 119 cm³/mol. The minimum atomic E-state index is 0.853. The van der Waals surface area contributed by atoms with Crippen LogP contribution in [0, 0.1) is 0 Å². The third kappa shape index (κ3) is 4.52. The quantitative estimate of drug-likeness (QED) is 0.430.